The lowest BCUT2D eigenvalue weighted by Gasteiger charge is -2.11. The van der Waals surface area contributed by atoms with Gasteiger partial charge >= 0.3 is 0 Å². The van der Waals surface area contributed by atoms with E-state index in [-0.39, 0.29) is 0 Å². The van der Waals surface area contributed by atoms with Crippen LogP contribution in [0, 0.1) is 5.92 Å². The Hall–Kier alpha value is -0.0400. The van der Waals surface area contributed by atoms with Crippen molar-refractivity contribution in [2.45, 2.75) is 110 Å². The molecule has 1 heteroatoms. The third kappa shape index (κ3) is 17.9. The van der Waals surface area contributed by atoms with Gasteiger partial charge in [0.15, 0.2) is 0 Å². The normalized spacial score (nSPS) is 12.7. The highest BCUT2D eigenvalue weighted by molar-refractivity contribution is 4.56. The lowest BCUT2D eigenvalue weighted by Crippen LogP contribution is -2.06. The molecule has 0 aromatic carbocycles. The van der Waals surface area contributed by atoms with E-state index in [9.17, 15) is 0 Å². The first-order valence-electron chi connectivity index (χ1n) is 9.95. The van der Waals surface area contributed by atoms with E-state index in [0.29, 0.717) is 0 Å². The molecule has 0 aromatic heterocycles. The van der Waals surface area contributed by atoms with Crippen molar-refractivity contribution in [2.24, 2.45) is 5.92 Å². The molecule has 0 aliphatic carbocycles. The van der Waals surface area contributed by atoms with Gasteiger partial charge in [0.1, 0.15) is 0 Å². The summed E-state index contributed by atoms with van der Waals surface area (Å²) < 4.78 is 0. The van der Waals surface area contributed by atoms with Crippen LogP contribution in [0.3, 0.4) is 0 Å². The second-order valence-electron chi connectivity index (χ2n) is 7.03. The van der Waals surface area contributed by atoms with E-state index in [4.69, 9.17) is 0 Å². The molecule has 0 bridgehead atoms. The molecule has 1 nitrogen and oxygen atoms in total. The number of unbranched alkanes of at least 4 members (excludes halogenated alkanes) is 11. The smallest absolute Gasteiger partial charge is 0.00519 e. The fourth-order valence-corrected chi connectivity index (χ4v) is 3.10. The van der Waals surface area contributed by atoms with Gasteiger partial charge in [-0.15, -0.1) is 0 Å². The molecular formula is C20H43N. The van der Waals surface area contributed by atoms with Gasteiger partial charge < -0.3 is 5.32 Å². The second-order valence-corrected chi connectivity index (χ2v) is 7.03. The van der Waals surface area contributed by atoms with Gasteiger partial charge in [-0.05, 0) is 25.9 Å². The average Bonchev–Trinajstić information content (AvgIpc) is 2.49. The Morgan fingerprint density at radius 3 is 1.52 bits per heavy atom. The highest BCUT2D eigenvalue weighted by Gasteiger charge is 2.02. The molecule has 0 radical (unpaired) electrons. The molecule has 0 aromatic rings. The van der Waals surface area contributed by atoms with Crippen molar-refractivity contribution >= 4 is 0 Å². The van der Waals surface area contributed by atoms with Crippen LogP contribution in [0.2, 0.25) is 0 Å². The highest BCUT2D eigenvalue weighted by Crippen LogP contribution is 2.18. The molecule has 0 heterocycles. The van der Waals surface area contributed by atoms with Crippen LogP contribution in [0.1, 0.15) is 110 Å². The quantitative estimate of drug-likeness (QED) is 0.294. The maximum Gasteiger partial charge on any atom is -0.00519 e. The van der Waals surface area contributed by atoms with E-state index in [2.05, 4.69) is 19.2 Å². The molecule has 1 atom stereocenters. The molecular weight excluding hydrogens is 254 g/mol. The molecule has 0 amide bonds. The SMILES string of the molecule is CCCCCCCCC(C)CCCCCCCCCNC. The van der Waals surface area contributed by atoms with Crippen molar-refractivity contribution in [1.29, 1.82) is 0 Å². The molecule has 1 N–H and O–H groups in total. The first kappa shape index (κ1) is 21.0. The zero-order valence-electron chi connectivity index (χ0n) is 15.4. The molecule has 128 valence electrons. The minimum absolute atomic E-state index is 0.965. The minimum atomic E-state index is 0.965. The summed E-state index contributed by atoms with van der Waals surface area (Å²) in [5, 5.41) is 3.22. The van der Waals surface area contributed by atoms with Crippen LogP contribution < -0.4 is 5.32 Å². The third-order valence-electron chi connectivity index (χ3n) is 4.67. The summed E-state index contributed by atoms with van der Waals surface area (Å²) >= 11 is 0. The summed E-state index contributed by atoms with van der Waals surface area (Å²) in [6.07, 6.45) is 21.6. The molecule has 0 spiro atoms. The van der Waals surface area contributed by atoms with Gasteiger partial charge in [0.2, 0.25) is 0 Å². The lowest BCUT2D eigenvalue weighted by molar-refractivity contribution is 0.431. The summed E-state index contributed by atoms with van der Waals surface area (Å²) in [5.74, 6) is 0.965. The average molecular weight is 298 g/mol. The highest BCUT2D eigenvalue weighted by atomic mass is 14.8. The summed E-state index contributed by atoms with van der Waals surface area (Å²) in [5.41, 5.74) is 0. The first-order chi connectivity index (χ1) is 10.3. The number of hydrogen-bond acceptors (Lipinski definition) is 1. The van der Waals surface area contributed by atoms with E-state index in [1.54, 1.807) is 0 Å². The van der Waals surface area contributed by atoms with Crippen molar-refractivity contribution in [3.63, 3.8) is 0 Å². The van der Waals surface area contributed by atoms with Crippen LogP contribution in [0.25, 0.3) is 0 Å². The number of rotatable bonds is 17. The minimum Gasteiger partial charge on any atom is -0.320 e. The Morgan fingerprint density at radius 2 is 1.05 bits per heavy atom. The fraction of sp³-hybridized carbons (Fsp3) is 1.00. The largest absolute Gasteiger partial charge is 0.320 e. The van der Waals surface area contributed by atoms with Crippen LogP contribution in [-0.2, 0) is 0 Å². The van der Waals surface area contributed by atoms with Crippen LogP contribution >= 0.6 is 0 Å². The van der Waals surface area contributed by atoms with E-state index in [0.717, 1.165) is 5.92 Å². The van der Waals surface area contributed by atoms with Crippen molar-refractivity contribution < 1.29 is 0 Å². The molecule has 0 saturated heterocycles. The standard InChI is InChI=1S/C20H43N/c1-4-5-6-7-11-14-17-20(2)18-15-12-9-8-10-13-16-19-21-3/h20-21H,4-19H2,1-3H3. The van der Waals surface area contributed by atoms with Crippen molar-refractivity contribution in [3.8, 4) is 0 Å². The van der Waals surface area contributed by atoms with Crippen LogP contribution in [0.5, 0.6) is 0 Å². The summed E-state index contributed by atoms with van der Waals surface area (Å²) in [6.45, 7) is 5.95. The Labute approximate surface area is 135 Å². The molecule has 21 heavy (non-hydrogen) atoms. The Morgan fingerprint density at radius 1 is 0.619 bits per heavy atom. The molecule has 0 rings (SSSR count). The maximum absolute atomic E-state index is 3.22. The van der Waals surface area contributed by atoms with Gasteiger partial charge in [0.05, 0.1) is 0 Å². The fourth-order valence-electron chi connectivity index (χ4n) is 3.10. The van der Waals surface area contributed by atoms with Crippen LogP contribution in [0.4, 0.5) is 0 Å². The van der Waals surface area contributed by atoms with Gasteiger partial charge in [-0.2, -0.15) is 0 Å². The monoisotopic (exact) mass is 297 g/mol. The maximum atomic E-state index is 3.22. The van der Waals surface area contributed by atoms with Gasteiger partial charge in [-0.25, -0.2) is 0 Å². The summed E-state index contributed by atoms with van der Waals surface area (Å²) in [6, 6.07) is 0. The first-order valence-corrected chi connectivity index (χ1v) is 9.95. The van der Waals surface area contributed by atoms with E-state index in [1.807, 2.05) is 7.05 Å². The van der Waals surface area contributed by atoms with Crippen LogP contribution in [0.15, 0.2) is 0 Å². The topological polar surface area (TPSA) is 12.0 Å². The zero-order chi connectivity index (χ0) is 15.6. The van der Waals surface area contributed by atoms with E-state index >= 15 is 0 Å². The molecule has 1 unspecified atom stereocenters. The molecule has 0 fully saturated rings. The van der Waals surface area contributed by atoms with Gasteiger partial charge in [-0.3, -0.25) is 0 Å². The van der Waals surface area contributed by atoms with Crippen molar-refractivity contribution in [3.05, 3.63) is 0 Å². The molecule has 0 aliphatic rings. The Balaban J connectivity index is 3.10. The Bertz CT molecular complexity index is 179. The number of nitrogens with one attached hydrogen (secondary N) is 1. The van der Waals surface area contributed by atoms with E-state index in [1.165, 1.54) is 103 Å². The van der Waals surface area contributed by atoms with E-state index < -0.39 is 0 Å². The predicted octanol–water partition coefficient (Wildman–Crippen LogP) is 6.71. The van der Waals surface area contributed by atoms with Gasteiger partial charge in [0.25, 0.3) is 0 Å². The number of hydrogen-bond donors (Lipinski definition) is 1. The van der Waals surface area contributed by atoms with Gasteiger partial charge in [-0.1, -0.05) is 104 Å². The van der Waals surface area contributed by atoms with Gasteiger partial charge in [0, 0.05) is 0 Å². The van der Waals surface area contributed by atoms with Crippen molar-refractivity contribution in [1.82, 2.24) is 5.32 Å². The third-order valence-corrected chi connectivity index (χ3v) is 4.67. The lowest BCUT2D eigenvalue weighted by atomic mass is 9.96. The summed E-state index contributed by atoms with van der Waals surface area (Å²) in [4.78, 5) is 0. The molecule has 0 aliphatic heterocycles. The molecule has 0 saturated carbocycles. The predicted molar refractivity (Wildman–Crippen MR) is 98.0 cm³/mol. The second kappa shape index (κ2) is 18.0. The summed E-state index contributed by atoms with van der Waals surface area (Å²) in [7, 11) is 2.05. The van der Waals surface area contributed by atoms with Crippen molar-refractivity contribution in [2.75, 3.05) is 13.6 Å². The Kier molecular flexibility index (Phi) is 18.0. The van der Waals surface area contributed by atoms with Crippen LogP contribution in [-0.4, -0.2) is 13.6 Å². The zero-order valence-corrected chi connectivity index (χ0v) is 15.4.